The van der Waals surface area contributed by atoms with Crippen molar-refractivity contribution in [2.24, 2.45) is 0 Å². The number of nitrogens with two attached hydrogens (primary N) is 1. The molecule has 0 saturated heterocycles. The average molecular weight is 306 g/mol. The van der Waals surface area contributed by atoms with Crippen molar-refractivity contribution in [1.29, 1.82) is 5.26 Å². The van der Waals surface area contributed by atoms with Crippen LogP contribution in [0, 0.1) is 26.6 Å². The van der Waals surface area contributed by atoms with Crippen LogP contribution in [-0.4, -0.2) is 14.9 Å². The van der Waals surface area contributed by atoms with Gasteiger partial charge in [0, 0.05) is 11.8 Å². The molecule has 1 heterocycles. The average Bonchev–Trinajstić information content (AvgIpc) is 2.43. The Bertz CT molecular complexity index is 748. The fraction of sp³-hybridized carbons (Fsp3) is 0. The molecule has 0 aliphatic carbocycles. The molecule has 0 amide bonds. The summed E-state index contributed by atoms with van der Waals surface area (Å²) < 4.78 is 13.1. The van der Waals surface area contributed by atoms with Gasteiger partial charge in [0.1, 0.15) is 17.4 Å². The van der Waals surface area contributed by atoms with Gasteiger partial charge in [-0.25, -0.2) is 9.37 Å². The Labute approximate surface area is 122 Å². The summed E-state index contributed by atoms with van der Waals surface area (Å²) in [6, 6.07) is 3.68. The summed E-state index contributed by atoms with van der Waals surface area (Å²) in [6.45, 7) is 0. The van der Waals surface area contributed by atoms with E-state index < -0.39 is 10.7 Å². The van der Waals surface area contributed by atoms with Crippen LogP contribution >= 0.6 is 11.8 Å². The molecule has 2 aromatic rings. The zero-order chi connectivity index (χ0) is 15.4. The minimum absolute atomic E-state index is 0.0318. The maximum atomic E-state index is 13.1. The van der Waals surface area contributed by atoms with Gasteiger partial charge in [-0.05, 0) is 18.2 Å². The first kappa shape index (κ1) is 14.5. The molecule has 3 N–H and O–H groups in total. The van der Waals surface area contributed by atoms with Crippen LogP contribution < -0.4 is 11.1 Å². The molecule has 2 rings (SSSR count). The third kappa shape index (κ3) is 3.34. The molecule has 1 aromatic carbocycles. The molecule has 0 fully saturated rings. The Hall–Kier alpha value is -2.93. The fourth-order valence-corrected chi connectivity index (χ4v) is 1.87. The van der Waals surface area contributed by atoms with Crippen molar-refractivity contribution in [3.8, 4) is 5.40 Å². The van der Waals surface area contributed by atoms with Gasteiger partial charge in [-0.2, -0.15) is 10.2 Å². The second kappa shape index (κ2) is 6.02. The SMILES string of the molecule is N#CSc1nc(Nc2cc(F)ccc2N)ncc1[N+](=O)[O-]. The van der Waals surface area contributed by atoms with Crippen LogP contribution in [0.2, 0.25) is 0 Å². The quantitative estimate of drug-likeness (QED) is 0.220. The van der Waals surface area contributed by atoms with E-state index in [2.05, 4.69) is 15.3 Å². The molecule has 0 bridgehead atoms. The van der Waals surface area contributed by atoms with E-state index in [-0.39, 0.29) is 28.0 Å². The Balaban J connectivity index is 2.37. The van der Waals surface area contributed by atoms with E-state index in [9.17, 15) is 14.5 Å². The smallest absolute Gasteiger partial charge is 0.320 e. The van der Waals surface area contributed by atoms with Crippen molar-refractivity contribution in [3.05, 3.63) is 40.3 Å². The summed E-state index contributed by atoms with van der Waals surface area (Å²) in [5.74, 6) is -0.545. The van der Waals surface area contributed by atoms with Crippen LogP contribution in [0.3, 0.4) is 0 Å². The molecule has 0 unspecified atom stereocenters. The third-order valence-electron chi connectivity index (χ3n) is 2.34. The Morgan fingerprint density at radius 3 is 2.95 bits per heavy atom. The van der Waals surface area contributed by atoms with Crippen molar-refractivity contribution in [1.82, 2.24) is 9.97 Å². The van der Waals surface area contributed by atoms with E-state index in [1.54, 1.807) is 5.40 Å². The van der Waals surface area contributed by atoms with Crippen molar-refractivity contribution >= 4 is 34.8 Å². The molecular formula is C11H7FN6O2S. The number of hydrogen-bond acceptors (Lipinski definition) is 8. The van der Waals surface area contributed by atoms with Crippen LogP contribution in [0.5, 0.6) is 0 Å². The molecule has 8 nitrogen and oxygen atoms in total. The first-order chi connectivity index (χ1) is 10.0. The van der Waals surface area contributed by atoms with Gasteiger partial charge in [-0.15, -0.1) is 0 Å². The van der Waals surface area contributed by atoms with Gasteiger partial charge in [0.2, 0.25) is 5.95 Å². The van der Waals surface area contributed by atoms with Gasteiger partial charge >= 0.3 is 5.69 Å². The first-order valence-electron chi connectivity index (χ1n) is 5.40. The van der Waals surface area contributed by atoms with Gasteiger partial charge in [0.15, 0.2) is 5.03 Å². The maximum Gasteiger partial charge on any atom is 0.320 e. The van der Waals surface area contributed by atoms with Gasteiger partial charge in [-0.3, -0.25) is 10.1 Å². The molecule has 106 valence electrons. The molecule has 21 heavy (non-hydrogen) atoms. The summed E-state index contributed by atoms with van der Waals surface area (Å²) in [5, 5.41) is 23.6. The highest BCUT2D eigenvalue weighted by atomic mass is 32.2. The standard InChI is InChI=1S/C11H7FN6O2S/c12-6-1-2-7(14)8(3-6)16-11-15-4-9(18(19)20)10(17-11)21-5-13/h1-4H,14H2,(H,15,16,17). The van der Waals surface area contributed by atoms with Gasteiger partial charge in [-0.1, -0.05) is 0 Å². The van der Waals surface area contributed by atoms with Gasteiger partial charge in [0.25, 0.3) is 0 Å². The number of halogens is 1. The normalized spacial score (nSPS) is 9.90. The Morgan fingerprint density at radius 1 is 1.52 bits per heavy atom. The predicted molar refractivity (Wildman–Crippen MR) is 74.3 cm³/mol. The van der Waals surface area contributed by atoms with E-state index in [0.717, 1.165) is 12.3 Å². The number of nitro groups is 1. The van der Waals surface area contributed by atoms with E-state index >= 15 is 0 Å². The number of thioether (sulfide) groups is 1. The summed E-state index contributed by atoms with van der Waals surface area (Å²) >= 11 is 0.530. The highest BCUT2D eigenvalue weighted by Crippen LogP contribution is 2.28. The largest absolute Gasteiger partial charge is 0.397 e. The lowest BCUT2D eigenvalue weighted by Crippen LogP contribution is -2.03. The summed E-state index contributed by atoms with van der Waals surface area (Å²) in [7, 11) is 0. The summed E-state index contributed by atoms with van der Waals surface area (Å²) in [6.07, 6.45) is 0.963. The van der Waals surface area contributed by atoms with E-state index in [1.807, 2.05) is 0 Å². The Morgan fingerprint density at radius 2 is 2.29 bits per heavy atom. The van der Waals surface area contributed by atoms with Crippen LogP contribution in [0.1, 0.15) is 0 Å². The van der Waals surface area contributed by atoms with Crippen molar-refractivity contribution in [2.75, 3.05) is 11.1 Å². The molecule has 0 aliphatic heterocycles. The number of hydrogen-bond donors (Lipinski definition) is 2. The zero-order valence-electron chi connectivity index (χ0n) is 10.3. The molecule has 1 aromatic heterocycles. The van der Waals surface area contributed by atoms with Crippen molar-refractivity contribution in [2.45, 2.75) is 5.03 Å². The lowest BCUT2D eigenvalue weighted by molar-refractivity contribution is -0.388. The number of nitrogens with one attached hydrogen (secondary N) is 1. The maximum absolute atomic E-state index is 13.1. The third-order valence-corrected chi connectivity index (χ3v) is 2.92. The number of thiocyanates is 1. The second-order valence-electron chi connectivity index (χ2n) is 3.69. The number of anilines is 3. The minimum atomic E-state index is -0.694. The lowest BCUT2D eigenvalue weighted by atomic mass is 10.2. The van der Waals surface area contributed by atoms with E-state index in [4.69, 9.17) is 11.0 Å². The molecule has 0 aliphatic rings. The monoisotopic (exact) mass is 306 g/mol. The molecular weight excluding hydrogens is 299 g/mol. The topological polar surface area (TPSA) is 131 Å². The lowest BCUT2D eigenvalue weighted by Gasteiger charge is -2.08. The first-order valence-corrected chi connectivity index (χ1v) is 6.22. The highest BCUT2D eigenvalue weighted by molar-refractivity contribution is 8.03. The summed E-state index contributed by atoms with van der Waals surface area (Å²) in [5.41, 5.74) is 5.75. The van der Waals surface area contributed by atoms with Crippen molar-refractivity contribution in [3.63, 3.8) is 0 Å². The number of nitriles is 1. The number of rotatable bonds is 4. The molecule has 0 saturated carbocycles. The minimum Gasteiger partial charge on any atom is -0.397 e. The molecule has 0 atom stereocenters. The zero-order valence-corrected chi connectivity index (χ0v) is 11.1. The van der Waals surface area contributed by atoms with Crippen LogP contribution in [0.15, 0.2) is 29.4 Å². The van der Waals surface area contributed by atoms with E-state index in [1.165, 1.54) is 12.1 Å². The molecule has 10 heteroatoms. The van der Waals surface area contributed by atoms with Crippen LogP contribution in [-0.2, 0) is 0 Å². The fourth-order valence-electron chi connectivity index (χ4n) is 1.42. The summed E-state index contributed by atoms with van der Waals surface area (Å²) in [4.78, 5) is 17.7. The predicted octanol–water partition coefficient (Wildman–Crippen LogP) is 2.42. The van der Waals surface area contributed by atoms with Crippen LogP contribution in [0.25, 0.3) is 0 Å². The Kier molecular flexibility index (Phi) is 4.15. The molecule has 0 radical (unpaired) electrons. The van der Waals surface area contributed by atoms with Crippen molar-refractivity contribution < 1.29 is 9.31 Å². The van der Waals surface area contributed by atoms with Gasteiger partial charge in [0.05, 0.1) is 16.3 Å². The van der Waals surface area contributed by atoms with Crippen LogP contribution in [0.4, 0.5) is 27.4 Å². The van der Waals surface area contributed by atoms with Gasteiger partial charge < -0.3 is 11.1 Å². The number of nitrogens with zero attached hydrogens (tertiary/aromatic N) is 4. The highest BCUT2D eigenvalue weighted by Gasteiger charge is 2.18. The number of nitrogen functional groups attached to an aromatic ring is 1. The van der Waals surface area contributed by atoms with E-state index in [0.29, 0.717) is 11.8 Å². The second-order valence-corrected chi connectivity index (χ2v) is 4.46. The number of benzene rings is 1. The number of aromatic nitrogens is 2. The molecule has 0 spiro atoms.